The van der Waals surface area contributed by atoms with E-state index >= 15 is 0 Å². The van der Waals surface area contributed by atoms with E-state index in [-0.39, 0.29) is 17.4 Å². The standard InChI is InChI=1S/C21H16FN7O3/c1-28-8-14(25-10-28)19-26-27-20(32-19)21(30)29-6-5-13-16(24-9-23-13)17(29)15-7-11-3-2-4-12(22)18(11)31-15/h2-4,7-10,17H,5-6H2,1H3,(H,23,24)/t17-/m1/s1. The molecule has 5 heterocycles. The number of nitrogens with one attached hydrogen (secondary N) is 1. The van der Waals surface area contributed by atoms with E-state index in [1.807, 2.05) is 7.05 Å². The van der Waals surface area contributed by atoms with Crippen LogP contribution in [-0.2, 0) is 13.5 Å². The highest BCUT2D eigenvalue weighted by atomic mass is 19.1. The van der Waals surface area contributed by atoms with Gasteiger partial charge in [-0.05, 0) is 12.1 Å². The number of halogens is 1. The van der Waals surface area contributed by atoms with Gasteiger partial charge in [0.25, 0.3) is 5.89 Å². The third-order valence-electron chi connectivity index (χ3n) is 5.50. The predicted octanol–water partition coefficient (Wildman–Crippen LogP) is 2.87. The fraction of sp³-hybridized carbons (Fsp3) is 0.190. The summed E-state index contributed by atoms with van der Waals surface area (Å²) in [5, 5.41) is 8.49. The summed E-state index contributed by atoms with van der Waals surface area (Å²) in [6.45, 7) is 0.361. The minimum atomic E-state index is -0.672. The number of H-pyrrole nitrogens is 1. The molecule has 0 saturated heterocycles. The molecule has 32 heavy (non-hydrogen) atoms. The molecular formula is C21H16FN7O3. The second-order valence-corrected chi connectivity index (χ2v) is 7.56. The van der Waals surface area contributed by atoms with Gasteiger partial charge in [0.05, 0.1) is 18.3 Å². The minimum absolute atomic E-state index is 0.132. The van der Waals surface area contributed by atoms with Gasteiger partial charge in [0.2, 0.25) is 0 Å². The van der Waals surface area contributed by atoms with Crippen LogP contribution in [0.1, 0.15) is 33.9 Å². The van der Waals surface area contributed by atoms with Crippen LogP contribution in [0.3, 0.4) is 0 Å². The first-order valence-corrected chi connectivity index (χ1v) is 9.91. The summed E-state index contributed by atoms with van der Waals surface area (Å²) in [7, 11) is 1.81. The molecule has 5 aromatic rings. The molecule has 10 nitrogen and oxygen atoms in total. The summed E-state index contributed by atoms with van der Waals surface area (Å²) in [4.78, 5) is 26.6. The second-order valence-electron chi connectivity index (χ2n) is 7.56. The summed E-state index contributed by atoms with van der Waals surface area (Å²) >= 11 is 0. The molecule has 6 rings (SSSR count). The van der Waals surface area contributed by atoms with Crippen molar-refractivity contribution in [3.63, 3.8) is 0 Å². The summed E-state index contributed by atoms with van der Waals surface area (Å²) < 4.78 is 27.5. The number of para-hydroxylation sites is 1. The zero-order valence-corrected chi connectivity index (χ0v) is 16.8. The van der Waals surface area contributed by atoms with Gasteiger partial charge in [0.1, 0.15) is 17.5 Å². The number of carbonyl (C=O) groups excluding carboxylic acids is 1. The second kappa shape index (κ2) is 6.87. The molecule has 1 aromatic carbocycles. The van der Waals surface area contributed by atoms with Crippen molar-refractivity contribution in [2.75, 3.05) is 6.54 Å². The van der Waals surface area contributed by atoms with Gasteiger partial charge in [0.15, 0.2) is 11.4 Å². The Kier molecular flexibility index (Phi) is 3.97. The van der Waals surface area contributed by atoms with Gasteiger partial charge in [-0.3, -0.25) is 4.79 Å². The van der Waals surface area contributed by atoms with E-state index in [2.05, 4.69) is 25.1 Å². The number of aromatic nitrogens is 6. The van der Waals surface area contributed by atoms with Crippen molar-refractivity contribution in [2.45, 2.75) is 12.5 Å². The Bertz CT molecular complexity index is 1460. The predicted molar refractivity (Wildman–Crippen MR) is 108 cm³/mol. The Labute approximate surface area is 179 Å². The first-order valence-electron chi connectivity index (χ1n) is 9.91. The van der Waals surface area contributed by atoms with E-state index in [1.54, 1.807) is 46.5 Å². The van der Waals surface area contributed by atoms with Gasteiger partial charge in [-0.2, -0.15) is 0 Å². The van der Waals surface area contributed by atoms with Crippen molar-refractivity contribution in [3.8, 4) is 11.6 Å². The van der Waals surface area contributed by atoms with Crippen LogP contribution in [0.2, 0.25) is 0 Å². The van der Waals surface area contributed by atoms with Gasteiger partial charge in [-0.1, -0.05) is 12.1 Å². The van der Waals surface area contributed by atoms with Gasteiger partial charge in [0, 0.05) is 37.3 Å². The Morgan fingerprint density at radius 1 is 1.25 bits per heavy atom. The largest absolute Gasteiger partial charge is 0.455 e. The molecule has 0 saturated carbocycles. The first kappa shape index (κ1) is 18.5. The van der Waals surface area contributed by atoms with Crippen molar-refractivity contribution in [1.29, 1.82) is 0 Å². The molecule has 0 radical (unpaired) electrons. The summed E-state index contributed by atoms with van der Waals surface area (Å²) in [6.07, 6.45) is 5.44. The zero-order chi connectivity index (χ0) is 21.8. The van der Waals surface area contributed by atoms with Gasteiger partial charge in [-0.25, -0.2) is 14.4 Å². The van der Waals surface area contributed by atoms with E-state index in [4.69, 9.17) is 8.83 Å². The molecule has 160 valence electrons. The smallest absolute Gasteiger partial charge is 0.312 e. The number of carbonyl (C=O) groups is 1. The molecule has 11 heteroatoms. The zero-order valence-electron chi connectivity index (χ0n) is 16.8. The van der Waals surface area contributed by atoms with E-state index in [0.717, 1.165) is 5.69 Å². The molecule has 1 aliphatic heterocycles. The normalized spacial score (nSPS) is 15.9. The van der Waals surface area contributed by atoms with Crippen LogP contribution in [0.15, 0.2) is 52.0 Å². The third kappa shape index (κ3) is 2.82. The monoisotopic (exact) mass is 433 g/mol. The molecular weight excluding hydrogens is 417 g/mol. The number of benzene rings is 1. The maximum atomic E-state index is 14.3. The van der Waals surface area contributed by atoms with Gasteiger partial charge < -0.3 is 23.3 Å². The Morgan fingerprint density at radius 2 is 2.16 bits per heavy atom. The number of rotatable bonds is 3. The Balaban J connectivity index is 1.41. The van der Waals surface area contributed by atoms with Crippen molar-refractivity contribution in [1.82, 2.24) is 34.6 Å². The molecule has 0 unspecified atom stereocenters. The van der Waals surface area contributed by atoms with Crippen molar-refractivity contribution in [3.05, 3.63) is 72.0 Å². The molecule has 1 atom stereocenters. The summed E-state index contributed by atoms with van der Waals surface area (Å²) in [5.41, 5.74) is 2.12. The van der Waals surface area contributed by atoms with Crippen molar-refractivity contribution in [2.24, 2.45) is 7.05 Å². The lowest BCUT2D eigenvalue weighted by Crippen LogP contribution is -2.40. The lowest BCUT2D eigenvalue weighted by molar-refractivity contribution is 0.0632. The number of nitrogens with zero attached hydrogens (tertiary/aromatic N) is 6. The fourth-order valence-electron chi connectivity index (χ4n) is 4.03. The molecule has 0 bridgehead atoms. The maximum absolute atomic E-state index is 14.3. The lowest BCUT2D eigenvalue weighted by Gasteiger charge is -2.32. The van der Waals surface area contributed by atoms with E-state index in [1.165, 1.54) is 6.07 Å². The molecule has 0 fully saturated rings. The number of amides is 1. The highest BCUT2D eigenvalue weighted by Gasteiger charge is 2.38. The topological polar surface area (TPSA) is 119 Å². The van der Waals surface area contributed by atoms with E-state index < -0.39 is 17.8 Å². The van der Waals surface area contributed by atoms with Crippen LogP contribution in [0.25, 0.3) is 22.6 Å². The van der Waals surface area contributed by atoms with Crippen LogP contribution in [-0.4, -0.2) is 47.1 Å². The number of aromatic amines is 1. The van der Waals surface area contributed by atoms with Crippen molar-refractivity contribution < 1.29 is 18.0 Å². The fourth-order valence-corrected chi connectivity index (χ4v) is 4.03. The quantitative estimate of drug-likeness (QED) is 0.465. The molecule has 1 amide bonds. The summed E-state index contributed by atoms with van der Waals surface area (Å²) in [6, 6.07) is 5.74. The van der Waals surface area contributed by atoms with Crippen LogP contribution in [0.5, 0.6) is 0 Å². The third-order valence-corrected chi connectivity index (χ3v) is 5.50. The SMILES string of the molecule is Cn1cnc(-c2nnc(C(=O)N3CCc4[nH]cnc4[C@H]3c3cc4cccc(F)c4o3)o2)c1. The highest BCUT2D eigenvalue weighted by Crippen LogP contribution is 2.37. The molecule has 0 aliphatic carbocycles. The molecule has 0 spiro atoms. The van der Waals surface area contributed by atoms with Gasteiger partial charge >= 0.3 is 11.8 Å². The highest BCUT2D eigenvalue weighted by molar-refractivity contribution is 5.90. The minimum Gasteiger partial charge on any atom is -0.455 e. The van der Waals surface area contributed by atoms with Crippen LogP contribution >= 0.6 is 0 Å². The average molecular weight is 433 g/mol. The molecule has 1 N–H and O–H groups in total. The maximum Gasteiger partial charge on any atom is 0.312 e. The number of furan rings is 1. The van der Waals surface area contributed by atoms with Gasteiger partial charge in [-0.15, -0.1) is 10.2 Å². The average Bonchev–Trinajstić information content (AvgIpc) is 3.57. The molecule has 1 aliphatic rings. The van der Waals surface area contributed by atoms with E-state index in [0.29, 0.717) is 35.5 Å². The number of hydrogen-bond acceptors (Lipinski definition) is 7. The lowest BCUT2D eigenvalue weighted by atomic mass is 10.00. The molecule has 4 aromatic heterocycles. The van der Waals surface area contributed by atoms with Crippen LogP contribution in [0, 0.1) is 5.82 Å². The Morgan fingerprint density at radius 3 is 2.97 bits per heavy atom. The summed E-state index contributed by atoms with van der Waals surface area (Å²) in [5.74, 6) is -0.567. The van der Waals surface area contributed by atoms with E-state index in [9.17, 15) is 9.18 Å². The number of hydrogen-bond donors (Lipinski definition) is 1. The number of imidazole rings is 2. The number of fused-ring (bicyclic) bond motifs is 2. The van der Waals surface area contributed by atoms with Crippen LogP contribution in [0.4, 0.5) is 4.39 Å². The Hall–Kier alpha value is -4.28. The van der Waals surface area contributed by atoms with Crippen LogP contribution < -0.4 is 0 Å². The first-order chi connectivity index (χ1) is 15.6. The number of aryl methyl sites for hydroxylation is 1. The van der Waals surface area contributed by atoms with Crippen molar-refractivity contribution >= 4 is 16.9 Å².